The fourth-order valence-corrected chi connectivity index (χ4v) is 2.85. The molecule has 0 fully saturated rings. The molecule has 0 bridgehead atoms. The number of hydrogen-bond acceptors (Lipinski definition) is 3. The van der Waals surface area contributed by atoms with Crippen molar-refractivity contribution >= 4 is 5.91 Å². The molecule has 3 N–H and O–H groups in total. The van der Waals surface area contributed by atoms with Crippen LogP contribution >= 0.6 is 0 Å². The normalized spacial score (nSPS) is 19.1. The predicted octanol–water partition coefficient (Wildman–Crippen LogP) is 3.39. The van der Waals surface area contributed by atoms with Gasteiger partial charge in [0.15, 0.2) is 0 Å². The summed E-state index contributed by atoms with van der Waals surface area (Å²) in [5.74, 6) is 0.971. The van der Waals surface area contributed by atoms with Gasteiger partial charge in [-0.3, -0.25) is 4.79 Å². The SMILES string of the molecule is CCC(=O)NC1CCOc2c(C)cc(C(N)C(C)(C)C)cc21. The van der Waals surface area contributed by atoms with E-state index in [1.54, 1.807) is 0 Å². The van der Waals surface area contributed by atoms with Crippen molar-refractivity contribution in [3.63, 3.8) is 0 Å². The van der Waals surface area contributed by atoms with E-state index in [9.17, 15) is 4.79 Å². The standard InChI is InChI=1S/C18H28N2O2/c1-6-15(21)20-14-7-8-22-16-11(2)9-12(10-13(14)16)17(19)18(3,4)5/h9-10,14,17H,6-8,19H2,1-5H3,(H,20,21). The summed E-state index contributed by atoms with van der Waals surface area (Å²) in [6.07, 6.45) is 1.29. The Morgan fingerprint density at radius 2 is 2.14 bits per heavy atom. The summed E-state index contributed by atoms with van der Waals surface area (Å²) in [6.45, 7) is 11.0. The van der Waals surface area contributed by atoms with Gasteiger partial charge in [0.2, 0.25) is 5.91 Å². The second-order valence-corrected chi connectivity index (χ2v) is 7.21. The molecular formula is C18H28N2O2. The number of hydrogen-bond donors (Lipinski definition) is 2. The largest absolute Gasteiger partial charge is 0.493 e. The first-order valence-electron chi connectivity index (χ1n) is 8.06. The van der Waals surface area contributed by atoms with Crippen molar-refractivity contribution in [2.75, 3.05) is 6.61 Å². The van der Waals surface area contributed by atoms with Crippen molar-refractivity contribution in [3.05, 3.63) is 28.8 Å². The maximum absolute atomic E-state index is 11.8. The quantitative estimate of drug-likeness (QED) is 0.899. The van der Waals surface area contributed by atoms with Crippen molar-refractivity contribution in [2.24, 2.45) is 11.1 Å². The second kappa shape index (κ2) is 6.29. The third kappa shape index (κ3) is 3.43. The number of rotatable bonds is 3. The average Bonchev–Trinajstić information content (AvgIpc) is 2.46. The van der Waals surface area contributed by atoms with Crippen LogP contribution in [0.15, 0.2) is 12.1 Å². The molecule has 1 heterocycles. The van der Waals surface area contributed by atoms with Crippen LogP contribution < -0.4 is 15.8 Å². The molecule has 1 aliphatic rings. The molecule has 1 aromatic carbocycles. The number of nitrogens with one attached hydrogen (secondary N) is 1. The zero-order valence-electron chi connectivity index (χ0n) is 14.3. The maximum Gasteiger partial charge on any atom is 0.220 e. The molecule has 22 heavy (non-hydrogen) atoms. The molecule has 0 aliphatic carbocycles. The summed E-state index contributed by atoms with van der Waals surface area (Å²) < 4.78 is 5.83. The number of carbonyl (C=O) groups excluding carboxylic acids is 1. The molecule has 4 nitrogen and oxygen atoms in total. The predicted molar refractivity (Wildman–Crippen MR) is 88.8 cm³/mol. The highest BCUT2D eigenvalue weighted by Crippen LogP contribution is 2.39. The summed E-state index contributed by atoms with van der Waals surface area (Å²) in [4.78, 5) is 11.8. The van der Waals surface area contributed by atoms with Crippen molar-refractivity contribution in [2.45, 2.75) is 59.5 Å². The molecule has 0 aromatic heterocycles. The first-order valence-corrected chi connectivity index (χ1v) is 8.06. The van der Waals surface area contributed by atoms with Crippen LogP contribution in [0.3, 0.4) is 0 Å². The lowest BCUT2D eigenvalue weighted by molar-refractivity contribution is -0.121. The van der Waals surface area contributed by atoms with E-state index in [-0.39, 0.29) is 23.4 Å². The van der Waals surface area contributed by atoms with E-state index in [2.05, 4.69) is 38.2 Å². The number of amides is 1. The van der Waals surface area contributed by atoms with Crippen LogP contribution in [0.5, 0.6) is 5.75 Å². The highest BCUT2D eigenvalue weighted by atomic mass is 16.5. The van der Waals surface area contributed by atoms with Gasteiger partial charge in [-0.15, -0.1) is 0 Å². The van der Waals surface area contributed by atoms with Crippen LogP contribution in [0.2, 0.25) is 0 Å². The summed E-state index contributed by atoms with van der Waals surface area (Å²) in [5.41, 5.74) is 9.65. The van der Waals surface area contributed by atoms with Gasteiger partial charge in [-0.05, 0) is 29.5 Å². The van der Waals surface area contributed by atoms with Gasteiger partial charge < -0.3 is 15.8 Å². The van der Waals surface area contributed by atoms with E-state index in [1.807, 2.05) is 13.8 Å². The highest BCUT2D eigenvalue weighted by molar-refractivity contribution is 5.76. The van der Waals surface area contributed by atoms with Crippen molar-refractivity contribution in [1.29, 1.82) is 0 Å². The monoisotopic (exact) mass is 304 g/mol. The van der Waals surface area contributed by atoms with E-state index < -0.39 is 0 Å². The fourth-order valence-electron chi connectivity index (χ4n) is 2.85. The van der Waals surface area contributed by atoms with Gasteiger partial charge in [0.25, 0.3) is 0 Å². The summed E-state index contributed by atoms with van der Waals surface area (Å²) in [5, 5.41) is 3.10. The van der Waals surface area contributed by atoms with Crippen molar-refractivity contribution in [3.8, 4) is 5.75 Å². The summed E-state index contributed by atoms with van der Waals surface area (Å²) in [6, 6.07) is 4.18. The van der Waals surface area contributed by atoms with Gasteiger partial charge in [0.1, 0.15) is 5.75 Å². The third-order valence-corrected chi connectivity index (χ3v) is 4.30. The first-order chi connectivity index (χ1) is 10.2. The number of ether oxygens (including phenoxy) is 1. The molecule has 2 rings (SSSR count). The molecule has 122 valence electrons. The fraction of sp³-hybridized carbons (Fsp3) is 0.611. The zero-order valence-corrected chi connectivity index (χ0v) is 14.3. The molecule has 0 saturated carbocycles. The Labute approximate surface area is 133 Å². The third-order valence-electron chi connectivity index (χ3n) is 4.30. The van der Waals surface area contributed by atoms with E-state index >= 15 is 0 Å². The Bertz CT molecular complexity index is 561. The minimum absolute atomic E-state index is 0.0155. The number of aryl methyl sites for hydroxylation is 1. The topological polar surface area (TPSA) is 64.3 Å². The van der Waals surface area contributed by atoms with Crippen LogP contribution in [0.1, 0.15) is 69.3 Å². The summed E-state index contributed by atoms with van der Waals surface area (Å²) >= 11 is 0. The summed E-state index contributed by atoms with van der Waals surface area (Å²) in [7, 11) is 0. The molecule has 0 spiro atoms. The molecule has 4 heteroatoms. The first kappa shape index (κ1) is 16.8. The minimum Gasteiger partial charge on any atom is -0.493 e. The van der Waals surface area contributed by atoms with Crippen LogP contribution in [0, 0.1) is 12.3 Å². The van der Waals surface area contributed by atoms with Gasteiger partial charge in [0, 0.05) is 24.4 Å². The smallest absolute Gasteiger partial charge is 0.220 e. The van der Waals surface area contributed by atoms with Gasteiger partial charge >= 0.3 is 0 Å². The molecule has 2 atom stereocenters. The van der Waals surface area contributed by atoms with E-state index in [4.69, 9.17) is 10.5 Å². The Kier molecular flexibility index (Phi) is 4.81. The van der Waals surface area contributed by atoms with E-state index in [0.29, 0.717) is 13.0 Å². The van der Waals surface area contributed by atoms with Crippen LogP contribution in [-0.2, 0) is 4.79 Å². The Hall–Kier alpha value is -1.55. The van der Waals surface area contributed by atoms with Crippen LogP contribution in [-0.4, -0.2) is 12.5 Å². The van der Waals surface area contributed by atoms with E-state index in [0.717, 1.165) is 28.9 Å². The molecule has 1 aliphatic heterocycles. The molecule has 0 radical (unpaired) electrons. The number of benzene rings is 1. The molecule has 0 saturated heterocycles. The van der Waals surface area contributed by atoms with Crippen molar-refractivity contribution in [1.82, 2.24) is 5.32 Å². The van der Waals surface area contributed by atoms with E-state index in [1.165, 1.54) is 0 Å². The Morgan fingerprint density at radius 3 is 2.73 bits per heavy atom. The van der Waals surface area contributed by atoms with Crippen molar-refractivity contribution < 1.29 is 9.53 Å². The number of fused-ring (bicyclic) bond motifs is 1. The highest BCUT2D eigenvalue weighted by Gasteiger charge is 2.28. The number of nitrogens with two attached hydrogens (primary N) is 1. The molecular weight excluding hydrogens is 276 g/mol. The molecule has 2 unspecified atom stereocenters. The maximum atomic E-state index is 11.8. The zero-order chi connectivity index (χ0) is 16.5. The molecule has 1 aromatic rings. The number of carbonyl (C=O) groups is 1. The Balaban J connectivity index is 2.41. The minimum atomic E-state index is -0.0547. The lowest BCUT2D eigenvalue weighted by Gasteiger charge is -2.32. The van der Waals surface area contributed by atoms with Gasteiger partial charge in [0.05, 0.1) is 12.6 Å². The lowest BCUT2D eigenvalue weighted by Crippen LogP contribution is -2.32. The lowest BCUT2D eigenvalue weighted by atomic mass is 9.81. The van der Waals surface area contributed by atoms with Crippen LogP contribution in [0.4, 0.5) is 0 Å². The van der Waals surface area contributed by atoms with Gasteiger partial charge in [-0.25, -0.2) is 0 Å². The van der Waals surface area contributed by atoms with Gasteiger partial charge in [-0.2, -0.15) is 0 Å². The average molecular weight is 304 g/mol. The molecule has 1 amide bonds. The van der Waals surface area contributed by atoms with Crippen LogP contribution in [0.25, 0.3) is 0 Å². The van der Waals surface area contributed by atoms with Gasteiger partial charge in [-0.1, -0.05) is 33.8 Å². The Morgan fingerprint density at radius 1 is 1.45 bits per heavy atom. The second-order valence-electron chi connectivity index (χ2n) is 7.21.